The lowest BCUT2D eigenvalue weighted by atomic mass is 9.92. The third kappa shape index (κ3) is 3.97. The second kappa shape index (κ2) is 6.61. The third-order valence-corrected chi connectivity index (χ3v) is 3.80. The van der Waals surface area contributed by atoms with Crippen LogP contribution in [0.1, 0.15) is 31.9 Å². The van der Waals surface area contributed by atoms with Gasteiger partial charge in [-0.25, -0.2) is 9.59 Å². The van der Waals surface area contributed by atoms with E-state index < -0.39 is 12.0 Å². The average Bonchev–Trinajstić information content (AvgIpc) is 2.44. The van der Waals surface area contributed by atoms with Gasteiger partial charge in [0.05, 0.1) is 0 Å². The molecule has 114 valence electrons. The highest BCUT2D eigenvalue weighted by Gasteiger charge is 2.29. The highest BCUT2D eigenvalue weighted by atomic mass is 16.4. The number of benzene rings is 1. The van der Waals surface area contributed by atoms with Gasteiger partial charge in [0.2, 0.25) is 0 Å². The molecule has 1 aliphatic rings. The molecule has 0 aliphatic carbocycles. The Morgan fingerprint density at radius 2 is 1.76 bits per heavy atom. The summed E-state index contributed by atoms with van der Waals surface area (Å²) in [5.41, 5.74) is 0.580. The van der Waals surface area contributed by atoms with Crippen molar-refractivity contribution in [3.63, 3.8) is 0 Å². The lowest BCUT2D eigenvalue weighted by Gasteiger charge is -2.35. The van der Waals surface area contributed by atoms with E-state index >= 15 is 0 Å². The molecule has 0 saturated carbocycles. The summed E-state index contributed by atoms with van der Waals surface area (Å²) in [6, 6.07) is 7.46. The van der Waals surface area contributed by atoms with E-state index in [9.17, 15) is 14.7 Å². The first-order chi connectivity index (χ1) is 9.97. The zero-order valence-electron chi connectivity index (χ0n) is 12.5. The van der Waals surface area contributed by atoms with Crippen molar-refractivity contribution in [1.82, 2.24) is 10.2 Å². The maximum absolute atomic E-state index is 12.3. The number of carboxylic acid groups (broad SMARTS) is 1. The van der Waals surface area contributed by atoms with Gasteiger partial charge in [0.15, 0.2) is 6.04 Å². The normalized spacial score (nSPS) is 23.4. The van der Waals surface area contributed by atoms with Crippen LogP contribution in [0.15, 0.2) is 30.3 Å². The monoisotopic (exact) mass is 290 g/mol. The molecule has 1 saturated heterocycles. The van der Waals surface area contributed by atoms with E-state index in [1.165, 1.54) is 0 Å². The third-order valence-electron chi connectivity index (χ3n) is 3.80. The van der Waals surface area contributed by atoms with E-state index in [0.717, 1.165) is 6.42 Å². The van der Waals surface area contributed by atoms with Crippen molar-refractivity contribution >= 4 is 12.0 Å². The molecule has 0 bridgehead atoms. The molecule has 1 fully saturated rings. The first kappa shape index (κ1) is 15.4. The molecule has 3 atom stereocenters. The van der Waals surface area contributed by atoms with Gasteiger partial charge < -0.3 is 15.3 Å². The van der Waals surface area contributed by atoms with Crippen LogP contribution >= 0.6 is 0 Å². The number of aliphatic carboxylic acids is 1. The molecule has 1 heterocycles. The van der Waals surface area contributed by atoms with Crippen molar-refractivity contribution in [2.75, 3.05) is 13.1 Å². The number of piperidine rings is 1. The van der Waals surface area contributed by atoms with Crippen LogP contribution in [0.25, 0.3) is 0 Å². The lowest BCUT2D eigenvalue weighted by molar-refractivity contribution is -0.139. The van der Waals surface area contributed by atoms with E-state index in [2.05, 4.69) is 19.2 Å². The van der Waals surface area contributed by atoms with E-state index in [4.69, 9.17) is 0 Å². The quantitative estimate of drug-likeness (QED) is 0.898. The zero-order valence-corrected chi connectivity index (χ0v) is 12.5. The maximum Gasteiger partial charge on any atom is 0.330 e. The van der Waals surface area contributed by atoms with Crippen LogP contribution in [0.5, 0.6) is 0 Å². The maximum atomic E-state index is 12.3. The zero-order chi connectivity index (χ0) is 15.4. The van der Waals surface area contributed by atoms with Gasteiger partial charge >= 0.3 is 12.0 Å². The Kier molecular flexibility index (Phi) is 4.83. The summed E-state index contributed by atoms with van der Waals surface area (Å²) in [5, 5.41) is 12.0. The Labute approximate surface area is 125 Å². The van der Waals surface area contributed by atoms with Crippen molar-refractivity contribution in [1.29, 1.82) is 0 Å². The van der Waals surface area contributed by atoms with E-state index in [-0.39, 0.29) is 6.03 Å². The smallest absolute Gasteiger partial charge is 0.330 e. The molecule has 0 aromatic heterocycles. The second-order valence-electron chi connectivity index (χ2n) is 5.98. The summed E-state index contributed by atoms with van der Waals surface area (Å²) < 4.78 is 0. The van der Waals surface area contributed by atoms with E-state index in [1.807, 2.05) is 6.07 Å². The van der Waals surface area contributed by atoms with Crippen LogP contribution in [0.2, 0.25) is 0 Å². The Bertz CT molecular complexity index is 494. The van der Waals surface area contributed by atoms with Crippen molar-refractivity contribution in [2.24, 2.45) is 11.8 Å². The second-order valence-corrected chi connectivity index (χ2v) is 5.98. The minimum atomic E-state index is -1.05. The fourth-order valence-corrected chi connectivity index (χ4v) is 2.98. The van der Waals surface area contributed by atoms with Crippen LogP contribution in [-0.4, -0.2) is 35.1 Å². The predicted molar refractivity (Wildman–Crippen MR) is 79.9 cm³/mol. The minimum Gasteiger partial charge on any atom is -0.479 e. The first-order valence-electron chi connectivity index (χ1n) is 7.30. The molecular weight excluding hydrogens is 268 g/mol. The van der Waals surface area contributed by atoms with Gasteiger partial charge in [-0.15, -0.1) is 0 Å². The number of urea groups is 1. The Morgan fingerprint density at radius 3 is 2.29 bits per heavy atom. The number of amides is 2. The number of carboxylic acids is 1. The fraction of sp³-hybridized carbons (Fsp3) is 0.500. The molecule has 1 aromatic rings. The van der Waals surface area contributed by atoms with E-state index in [1.54, 1.807) is 29.2 Å². The highest BCUT2D eigenvalue weighted by molar-refractivity contribution is 5.83. The van der Waals surface area contributed by atoms with Crippen molar-refractivity contribution in [3.05, 3.63) is 35.9 Å². The number of hydrogen-bond donors (Lipinski definition) is 2. The summed E-state index contributed by atoms with van der Waals surface area (Å²) in [6.07, 6.45) is 1.10. The molecule has 2 unspecified atom stereocenters. The summed E-state index contributed by atoms with van der Waals surface area (Å²) in [5.74, 6) is -0.160. The van der Waals surface area contributed by atoms with Gasteiger partial charge in [-0.1, -0.05) is 44.2 Å². The molecular formula is C16H22N2O3. The molecule has 0 spiro atoms. The van der Waals surface area contributed by atoms with E-state index in [0.29, 0.717) is 30.5 Å². The number of carbonyl (C=O) groups is 2. The topological polar surface area (TPSA) is 69.6 Å². The SMILES string of the molecule is CC1CC(C)CN(C(=O)N[C@@H](C(=O)O)c2ccccc2)C1. The minimum absolute atomic E-state index is 0.301. The summed E-state index contributed by atoms with van der Waals surface area (Å²) >= 11 is 0. The summed E-state index contributed by atoms with van der Waals surface area (Å²) in [7, 11) is 0. The van der Waals surface area contributed by atoms with Crippen molar-refractivity contribution in [2.45, 2.75) is 26.3 Å². The summed E-state index contributed by atoms with van der Waals surface area (Å²) in [4.78, 5) is 25.5. The highest BCUT2D eigenvalue weighted by Crippen LogP contribution is 2.21. The predicted octanol–water partition coefficient (Wildman–Crippen LogP) is 2.50. The molecule has 5 heteroatoms. The molecule has 21 heavy (non-hydrogen) atoms. The molecule has 2 amide bonds. The number of rotatable bonds is 3. The molecule has 1 aromatic carbocycles. The van der Waals surface area contributed by atoms with Gasteiger partial charge in [0.1, 0.15) is 0 Å². The number of likely N-dealkylation sites (tertiary alicyclic amines) is 1. The Balaban J connectivity index is 2.07. The number of nitrogens with zero attached hydrogens (tertiary/aromatic N) is 1. The molecule has 0 radical (unpaired) electrons. The van der Waals surface area contributed by atoms with Gasteiger partial charge in [-0.3, -0.25) is 0 Å². The Hall–Kier alpha value is -2.04. The molecule has 2 N–H and O–H groups in total. The average molecular weight is 290 g/mol. The van der Waals surface area contributed by atoms with Crippen LogP contribution < -0.4 is 5.32 Å². The van der Waals surface area contributed by atoms with Gasteiger partial charge in [-0.05, 0) is 23.8 Å². The standard InChI is InChI=1S/C16H22N2O3/c1-11-8-12(2)10-18(9-11)16(21)17-14(15(19)20)13-6-4-3-5-7-13/h3-7,11-12,14H,8-10H2,1-2H3,(H,17,21)(H,19,20)/t11?,12?,14-/m1/s1. The van der Waals surface area contributed by atoms with Gasteiger partial charge in [0.25, 0.3) is 0 Å². The van der Waals surface area contributed by atoms with Gasteiger partial charge in [0, 0.05) is 13.1 Å². The number of carbonyl (C=O) groups excluding carboxylic acids is 1. The Morgan fingerprint density at radius 1 is 1.19 bits per heavy atom. The van der Waals surface area contributed by atoms with Crippen LogP contribution in [0, 0.1) is 11.8 Å². The molecule has 2 rings (SSSR count). The van der Waals surface area contributed by atoms with Crippen molar-refractivity contribution in [3.8, 4) is 0 Å². The van der Waals surface area contributed by atoms with Gasteiger partial charge in [-0.2, -0.15) is 0 Å². The summed E-state index contributed by atoms with van der Waals surface area (Å²) in [6.45, 7) is 5.58. The number of nitrogens with one attached hydrogen (secondary N) is 1. The van der Waals surface area contributed by atoms with Crippen molar-refractivity contribution < 1.29 is 14.7 Å². The fourth-order valence-electron chi connectivity index (χ4n) is 2.98. The van der Waals surface area contributed by atoms with Crippen LogP contribution in [0.3, 0.4) is 0 Å². The molecule has 5 nitrogen and oxygen atoms in total. The first-order valence-corrected chi connectivity index (χ1v) is 7.30. The van der Waals surface area contributed by atoms with Crippen LogP contribution in [-0.2, 0) is 4.79 Å². The number of hydrogen-bond acceptors (Lipinski definition) is 2. The molecule has 1 aliphatic heterocycles. The van der Waals surface area contributed by atoms with Crippen LogP contribution in [0.4, 0.5) is 4.79 Å². The largest absolute Gasteiger partial charge is 0.479 e. The lowest BCUT2D eigenvalue weighted by Crippen LogP contribution is -2.49.